The lowest BCUT2D eigenvalue weighted by Crippen LogP contribution is -2.69. The molecule has 0 saturated heterocycles. The van der Waals surface area contributed by atoms with Gasteiger partial charge in [-0.3, -0.25) is 0 Å². The Balaban J connectivity index is 1.53. The Bertz CT molecular complexity index is 2600. The van der Waals surface area contributed by atoms with Gasteiger partial charge in [0, 0.05) is 0 Å². The maximum atomic E-state index is 9.91. The molecule has 0 amide bonds. The molecular weight excluding hydrogens is 856 g/mol. The third-order valence-electron chi connectivity index (χ3n) is 14.3. The van der Waals surface area contributed by atoms with Crippen LogP contribution in [0.25, 0.3) is 0 Å². The summed E-state index contributed by atoms with van der Waals surface area (Å²) in [4.78, 5) is 0. The van der Waals surface area contributed by atoms with E-state index >= 15 is 0 Å². The van der Waals surface area contributed by atoms with Crippen LogP contribution in [0, 0.1) is 41.5 Å². The minimum Gasteiger partial charge on any atom is -0.149 e. The molecule has 2 heteroatoms. The average Bonchev–Trinajstić information content (AvgIpc) is 3.35. The first-order valence-electron chi connectivity index (χ1n) is 24.4. The molecule has 9 aromatic rings. The van der Waals surface area contributed by atoms with Gasteiger partial charge in [0.05, 0.1) is 0 Å². The molecule has 0 atom stereocenters. The van der Waals surface area contributed by atoms with Gasteiger partial charge in [-0.2, -0.15) is 0 Å². The van der Waals surface area contributed by atoms with Gasteiger partial charge >= 0.3 is 0 Å². The zero-order valence-corrected chi connectivity index (χ0v) is 42.4. The third-order valence-corrected chi connectivity index (χ3v) is 19.9. The summed E-state index contributed by atoms with van der Waals surface area (Å²) >= 11 is 9.91. The Morgan fingerprint density at radius 1 is 0.250 bits per heavy atom. The zero-order chi connectivity index (χ0) is 47.2. The van der Waals surface area contributed by atoms with Crippen molar-refractivity contribution in [1.29, 1.82) is 0 Å². The van der Waals surface area contributed by atoms with Crippen molar-refractivity contribution in [1.82, 2.24) is 0 Å². The first kappa shape index (κ1) is 46.6. The van der Waals surface area contributed by atoms with E-state index in [1.54, 1.807) is 0 Å². The van der Waals surface area contributed by atoms with Crippen LogP contribution in [-0.4, -0.2) is 7.38 Å². The first-order valence-corrected chi connectivity index (χ1v) is 27.4. The van der Waals surface area contributed by atoms with E-state index in [2.05, 4.69) is 242 Å². The predicted octanol–water partition coefficient (Wildman–Crippen LogP) is 14.3. The SMILES string of the molecule is Cc1cc(C)c(Cc2ccccc2)c([Si](Cl)(c2c(Cc3ccccc3)c(C)cc(C)c2Cc2ccccc2)c2c(Cc3ccccc3)c(C)cc(C)c2Cc2ccccc2)c1Cc1ccccc1. The summed E-state index contributed by atoms with van der Waals surface area (Å²) in [6, 6.07) is 74.1. The molecule has 0 aliphatic carbocycles. The van der Waals surface area contributed by atoms with E-state index in [1.165, 1.54) is 116 Å². The van der Waals surface area contributed by atoms with Crippen LogP contribution in [0.15, 0.2) is 200 Å². The highest BCUT2D eigenvalue weighted by Crippen LogP contribution is 2.35. The molecule has 0 radical (unpaired) electrons. The second-order valence-electron chi connectivity index (χ2n) is 19.2. The van der Waals surface area contributed by atoms with Gasteiger partial charge in [0.25, 0.3) is 0 Å². The van der Waals surface area contributed by atoms with Crippen molar-refractivity contribution in [3.63, 3.8) is 0 Å². The quantitative estimate of drug-likeness (QED) is 0.0546. The molecule has 9 rings (SSSR count). The van der Waals surface area contributed by atoms with E-state index < -0.39 is 7.38 Å². The number of hydrogen-bond acceptors (Lipinski definition) is 0. The van der Waals surface area contributed by atoms with Gasteiger partial charge in [0.15, 0.2) is 0 Å². The maximum Gasteiger partial charge on any atom is 0.249 e. The molecule has 0 unspecified atom stereocenters. The number of hydrogen-bond donors (Lipinski definition) is 0. The maximum absolute atomic E-state index is 9.91. The topological polar surface area (TPSA) is 0 Å². The van der Waals surface area contributed by atoms with Crippen LogP contribution in [0.2, 0.25) is 0 Å². The van der Waals surface area contributed by atoms with Crippen molar-refractivity contribution in [2.45, 2.75) is 80.1 Å². The largest absolute Gasteiger partial charge is 0.249 e. The van der Waals surface area contributed by atoms with Gasteiger partial charge in [-0.15, -0.1) is 11.1 Å². The van der Waals surface area contributed by atoms with E-state index in [0.29, 0.717) is 0 Å². The molecule has 338 valence electrons. The van der Waals surface area contributed by atoms with Gasteiger partial charge in [0.1, 0.15) is 0 Å². The number of rotatable bonds is 15. The molecule has 0 heterocycles. The van der Waals surface area contributed by atoms with Crippen molar-refractivity contribution in [2.24, 2.45) is 0 Å². The molecule has 0 saturated carbocycles. The van der Waals surface area contributed by atoms with Gasteiger partial charge < -0.3 is 0 Å². The summed E-state index contributed by atoms with van der Waals surface area (Å²) in [5.41, 5.74) is 23.7. The van der Waals surface area contributed by atoms with E-state index in [4.69, 9.17) is 0 Å². The summed E-state index contributed by atoms with van der Waals surface area (Å²) < 4.78 is 0. The molecule has 0 N–H and O–H groups in total. The van der Waals surface area contributed by atoms with Gasteiger partial charge in [-0.05, 0) is 196 Å². The lowest BCUT2D eigenvalue weighted by Gasteiger charge is -2.40. The fraction of sp³-hybridized carbons (Fsp3) is 0.182. The van der Waals surface area contributed by atoms with Gasteiger partial charge in [-0.1, -0.05) is 200 Å². The molecular formula is C66H63ClSi. The lowest BCUT2D eigenvalue weighted by atomic mass is 9.91. The fourth-order valence-corrected chi connectivity index (χ4v) is 18.0. The lowest BCUT2D eigenvalue weighted by molar-refractivity contribution is 1.09. The average molecular weight is 920 g/mol. The van der Waals surface area contributed by atoms with Gasteiger partial charge in [0.2, 0.25) is 7.38 Å². The monoisotopic (exact) mass is 918 g/mol. The first-order chi connectivity index (χ1) is 33.1. The van der Waals surface area contributed by atoms with Crippen molar-refractivity contribution in [3.8, 4) is 0 Å². The number of halogens is 1. The smallest absolute Gasteiger partial charge is 0.149 e. The second-order valence-corrected chi connectivity index (χ2v) is 23.7. The van der Waals surface area contributed by atoms with Gasteiger partial charge in [-0.25, -0.2) is 0 Å². The predicted molar refractivity (Wildman–Crippen MR) is 294 cm³/mol. The summed E-state index contributed by atoms with van der Waals surface area (Å²) in [7, 11) is -3.78. The Labute approximate surface area is 412 Å². The van der Waals surface area contributed by atoms with Crippen molar-refractivity contribution in [2.75, 3.05) is 0 Å². The molecule has 0 aliphatic heterocycles. The minimum absolute atomic E-state index is 0.783. The Morgan fingerprint density at radius 2 is 0.397 bits per heavy atom. The molecule has 0 fully saturated rings. The Kier molecular flexibility index (Phi) is 14.2. The highest BCUT2D eigenvalue weighted by atomic mass is 35.6. The van der Waals surface area contributed by atoms with E-state index in [0.717, 1.165) is 38.5 Å². The molecule has 0 bridgehead atoms. The summed E-state index contributed by atoms with van der Waals surface area (Å²) in [6.45, 7) is 14.1. The van der Waals surface area contributed by atoms with Crippen LogP contribution in [0.5, 0.6) is 0 Å². The van der Waals surface area contributed by atoms with E-state index in [9.17, 15) is 11.1 Å². The van der Waals surface area contributed by atoms with E-state index in [1.807, 2.05) is 0 Å². The third kappa shape index (κ3) is 9.88. The highest BCUT2D eigenvalue weighted by Gasteiger charge is 2.48. The summed E-state index contributed by atoms with van der Waals surface area (Å²) in [5, 5.41) is 4.10. The standard InChI is InChI=1S/C66H63ClSi/c1-46-37-47(2)59(41-53-27-15-8-16-28-53)64(58(46)40-52-25-13-7-14-26-52)68(67,65-60(42-54-29-17-9-18-30-54)48(3)38-49(4)61(65)43-55-31-19-10-20-32-55)66-62(44-56-33-21-11-22-34-56)50(5)39-51(6)63(66)45-57-35-23-12-24-36-57/h7-39H,40-45H2,1-6H3. The molecule has 0 spiro atoms. The van der Waals surface area contributed by atoms with Crippen LogP contribution < -0.4 is 15.6 Å². The zero-order valence-electron chi connectivity index (χ0n) is 40.7. The molecule has 0 nitrogen and oxygen atoms in total. The van der Waals surface area contributed by atoms with Crippen LogP contribution in [-0.2, 0) is 38.5 Å². The van der Waals surface area contributed by atoms with Crippen molar-refractivity contribution < 1.29 is 0 Å². The van der Waals surface area contributed by atoms with Crippen molar-refractivity contribution in [3.05, 3.63) is 300 Å². The van der Waals surface area contributed by atoms with E-state index in [-0.39, 0.29) is 0 Å². The van der Waals surface area contributed by atoms with Crippen LogP contribution in [0.4, 0.5) is 0 Å². The van der Waals surface area contributed by atoms with Crippen LogP contribution in [0.3, 0.4) is 0 Å². The Morgan fingerprint density at radius 3 is 0.544 bits per heavy atom. The number of benzene rings is 9. The molecule has 0 aromatic heterocycles. The molecule has 9 aromatic carbocycles. The van der Waals surface area contributed by atoms with Crippen LogP contribution >= 0.6 is 11.1 Å². The number of aryl methyl sites for hydroxylation is 6. The Hall–Kier alpha value is -6.51. The summed E-state index contributed by atoms with van der Waals surface area (Å²) in [5.74, 6) is 0. The normalized spacial score (nSPS) is 11.5. The second kappa shape index (κ2) is 20.8. The van der Waals surface area contributed by atoms with Crippen molar-refractivity contribution >= 4 is 34.0 Å². The summed E-state index contributed by atoms with van der Waals surface area (Å²) in [6.07, 6.45) is 4.70. The van der Waals surface area contributed by atoms with Crippen LogP contribution in [0.1, 0.15) is 100 Å². The minimum atomic E-state index is -3.78. The molecule has 0 aliphatic rings. The highest BCUT2D eigenvalue weighted by molar-refractivity contribution is 7.41. The fourth-order valence-electron chi connectivity index (χ4n) is 11.0. The molecule has 68 heavy (non-hydrogen) atoms.